The van der Waals surface area contributed by atoms with E-state index < -0.39 is 22.0 Å². The van der Waals surface area contributed by atoms with E-state index in [4.69, 9.17) is 0 Å². The number of hydrogen-bond donors (Lipinski definition) is 2. The highest BCUT2D eigenvalue weighted by Crippen LogP contribution is 2.21. The molecular weight excluding hydrogens is 340 g/mol. The number of rotatable bonds is 3. The van der Waals surface area contributed by atoms with Crippen LogP contribution in [0.4, 0.5) is 0 Å². The third-order valence-corrected chi connectivity index (χ3v) is 5.45. The monoisotopic (exact) mass is 362 g/mol. The Kier molecular flexibility index (Phi) is 5.94. The zero-order chi connectivity index (χ0) is 18.6. The van der Waals surface area contributed by atoms with Crippen molar-refractivity contribution in [2.75, 3.05) is 14.1 Å². The Morgan fingerprint density at radius 1 is 1.00 bits per heavy atom. The lowest BCUT2D eigenvalue weighted by Gasteiger charge is -2.25. The maximum Gasteiger partial charge on any atom is 0.266 e. The smallest absolute Gasteiger partial charge is 0.266 e. The summed E-state index contributed by atoms with van der Waals surface area (Å²) in [5, 5.41) is 9.92. The number of amides is 1. The van der Waals surface area contributed by atoms with Crippen molar-refractivity contribution in [2.24, 2.45) is 0 Å². The molecule has 2 aromatic carbocycles. The second-order valence-electron chi connectivity index (χ2n) is 5.99. The van der Waals surface area contributed by atoms with E-state index in [1.165, 1.54) is 12.1 Å². The second-order valence-corrected chi connectivity index (χ2v) is 7.64. The number of aliphatic hydroxyl groups excluding tert-OH is 1. The molecule has 1 aliphatic heterocycles. The van der Waals surface area contributed by atoms with Crippen LogP contribution in [0.1, 0.15) is 28.9 Å². The van der Waals surface area contributed by atoms with Crippen LogP contribution in [0.3, 0.4) is 0 Å². The molecule has 0 aromatic heterocycles. The minimum absolute atomic E-state index is 0.0648. The van der Waals surface area contributed by atoms with Gasteiger partial charge in [0, 0.05) is 6.04 Å². The van der Waals surface area contributed by atoms with Gasteiger partial charge in [-0.15, -0.1) is 0 Å². The number of hydrogen-bond acceptors (Lipinski definition) is 5. The fourth-order valence-corrected chi connectivity index (χ4v) is 3.50. The number of carbonyl (C=O) groups excluding carboxylic acids is 1. The maximum absolute atomic E-state index is 11.1. The molecule has 2 aromatic rings. The Bertz CT molecular complexity index is 835. The van der Waals surface area contributed by atoms with Crippen molar-refractivity contribution < 1.29 is 18.3 Å². The van der Waals surface area contributed by atoms with Crippen molar-refractivity contribution in [3.05, 3.63) is 65.7 Å². The summed E-state index contributed by atoms with van der Waals surface area (Å²) in [5.41, 5.74) is 1.20. The number of benzene rings is 2. The quantitative estimate of drug-likeness (QED) is 0.869. The van der Waals surface area contributed by atoms with Crippen molar-refractivity contribution in [3.8, 4) is 0 Å². The third kappa shape index (κ3) is 4.45. The van der Waals surface area contributed by atoms with Crippen LogP contribution in [0.25, 0.3) is 0 Å². The zero-order valence-electron chi connectivity index (χ0n) is 14.4. The van der Waals surface area contributed by atoms with Crippen molar-refractivity contribution in [1.29, 1.82) is 0 Å². The largest absolute Gasteiger partial charge is 0.387 e. The van der Waals surface area contributed by atoms with Crippen LogP contribution in [-0.2, 0) is 10.0 Å². The molecule has 6 nitrogen and oxygen atoms in total. The van der Waals surface area contributed by atoms with Gasteiger partial charge in [0.25, 0.3) is 15.9 Å². The molecule has 2 atom stereocenters. The van der Waals surface area contributed by atoms with Crippen molar-refractivity contribution in [2.45, 2.75) is 24.0 Å². The number of sulfonamides is 1. The van der Waals surface area contributed by atoms with Crippen molar-refractivity contribution in [3.63, 3.8) is 0 Å². The topological polar surface area (TPSA) is 86.7 Å². The van der Waals surface area contributed by atoms with Gasteiger partial charge >= 0.3 is 0 Å². The molecule has 2 N–H and O–H groups in total. The normalized spacial score (nSPS) is 17.1. The first-order chi connectivity index (χ1) is 11.7. The number of fused-ring (bicyclic) bond motifs is 1. The predicted molar refractivity (Wildman–Crippen MR) is 95.6 cm³/mol. The van der Waals surface area contributed by atoms with E-state index in [1.807, 2.05) is 61.0 Å². The fourth-order valence-electron chi connectivity index (χ4n) is 2.33. The molecule has 1 amide bonds. The van der Waals surface area contributed by atoms with E-state index in [9.17, 15) is 18.3 Å². The summed E-state index contributed by atoms with van der Waals surface area (Å²) in [5.74, 6) is -0.550. The second kappa shape index (κ2) is 7.77. The van der Waals surface area contributed by atoms with Gasteiger partial charge in [0.2, 0.25) is 0 Å². The van der Waals surface area contributed by atoms with Crippen LogP contribution in [0.2, 0.25) is 0 Å². The molecule has 0 spiro atoms. The number of nitrogens with zero attached hydrogens (tertiary/aromatic N) is 1. The summed E-state index contributed by atoms with van der Waals surface area (Å²) in [7, 11) is 0.384. The van der Waals surface area contributed by atoms with Gasteiger partial charge in [-0.3, -0.25) is 4.79 Å². The van der Waals surface area contributed by atoms with Gasteiger partial charge < -0.3 is 10.0 Å². The third-order valence-electron chi connectivity index (χ3n) is 4.06. The van der Waals surface area contributed by atoms with Crippen molar-refractivity contribution >= 4 is 15.9 Å². The molecule has 134 valence electrons. The van der Waals surface area contributed by atoms with Gasteiger partial charge in [0.15, 0.2) is 0 Å². The molecule has 0 bridgehead atoms. The minimum Gasteiger partial charge on any atom is -0.387 e. The standard InChI is InChI=1S/C11H17NO.C7H5NO3S/c1-9(12(2)3)11(13)10-7-5-4-6-8-10;9-7-5-3-1-2-4-6(5)12(10,11)8-7/h4-9,11,13H,1-3H3;1-4H,(H,8,9)/t9-,11+;/m1./s1. The van der Waals surface area contributed by atoms with Gasteiger partial charge in [-0.2, -0.15) is 0 Å². The molecule has 1 aliphatic rings. The van der Waals surface area contributed by atoms with Gasteiger partial charge in [0.1, 0.15) is 4.90 Å². The Morgan fingerprint density at radius 2 is 1.56 bits per heavy atom. The highest BCUT2D eigenvalue weighted by molar-refractivity contribution is 7.90. The SMILES string of the molecule is C[C@H]([C@H](O)c1ccccc1)N(C)C.O=C1NS(=O)(=O)c2ccccc21. The van der Waals surface area contributed by atoms with Crippen LogP contribution in [0.15, 0.2) is 59.5 Å². The molecule has 0 aliphatic carbocycles. The predicted octanol–water partition coefficient (Wildman–Crippen LogP) is 1.79. The van der Waals surface area contributed by atoms with Gasteiger partial charge in [-0.25, -0.2) is 13.1 Å². The van der Waals surface area contributed by atoms with E-state index >= 15 is 0 Å². The summed E-state index contributed by atoms with van der Waals surface area (Å²) in [6.07, 6.45) is -0.406. The number of likely N-dealkylation sites (N-methyl/N-ethyl adjacent to an activating group) is 1. The number of nitrogens with one attached hydrogen (secondary N) is 1. The Balaban J connectivity index is 0.000000181. The molecule has 0 saturated carbocycles. The maximum atomic E-state index is 11.1. The zero-order valence-corrected chi connectivity index (χ0v) is 15.2. The lowest BCUT2D eigenvalue weighted by molar-refractivity contribution is 0.0858. The number of carbonyl (C=O) groups is 1. The molecule has 0 unspecified atom stereocenters. The molecule has 7 heteroatoms. The molecule has 25 heavy (non-hydrogen) atoms. The summed E-state index contributed by atoms with van der Waals surface area (Å²) >= 11 is 0. The first-order valence-electron chi connectivity index (χ1n) is 7.79. The van der Waals surface area contributed by atoms with E-state index in [1.54, 1.807) is 12.1 Å². The molecule has 0 fully saturated rings. The van der Waals surface area contributed by atoms with Crippen LogP contribution < -0.4 is 4.72 Å². The highest BCUT2D eigenvalue weighted by atomic mass is 32.2. The first kappa shape index (κ1) is 19.1. The lowest BCUT2D eigenvalue weighted by Crippen LogP contribution is -2.30. The van der Waals surface area contributed by atoms with E-state index in [2.05, 4.69) is 0 Å². The van der Waals surface area contributed by atoms with Crippen LogP contribution in [-0.4, -0.2) is 44.5 Å². The lowest BCUT2D eigenvalue weighted by atomic mass is 10.0. The first-order valence-corrected chi connectivity index (χ1v) is 9.28. The Labute approximate surface area is 148 Å². The van der Waals surface area contributed by atoms with E-state index in [0.29, 0.717) is 0 Å². The molecule has 3 rings (SSSR count). The highest BCUT2D eigenvalue weighted by Gasteiger charge is 2.31. The fraction of sp³-hybridized carbons (Fsp3) is 0.278. The van der Waals surface area contributed by atoms with Crippen LogP contribution in [0.5, 0.6) is 0 Å². The molecule has 1 heterocycles. The number of aliphatic hydroxyl groups is 1. The van der Waals surface area contributed by atoms with E-state index in [-0.39, 0.29) is 16.5 Å². The van der Waals surface area contributed by atoms with Gasteiger partial charge in [-0.1, -0.05) is 42.5 Å². The van der Waals surface area contributed by atoms with Crippen molar-refractivity contribution in [1.82, 2.24) is 9.62 Å². The minimum atomic E-state index is -3.55. The Hall–Kier alpha value is -2.22. The van der Waals surface area contributed by atoms with Gasteiger partial charge in [-0.05, 0) is 38.7 Å². The van der Waals surface area contributed by atoms with Crippen LogP contribution in [0, 0.1) is 0 Å². The summed E-state index contributed by atoms with van der Waals surface area (Å²) in [6.45, 7) is 2.01. The summed E-state index contributed by atoms with van der Waals surface area (Å²) in [4.78, 5) is 13.1. The van der Waals surface area contributed by atoms with Crippen LogP contribution >= 0.6 is 0 Å². The average Bonchev–Trinajstić information content (AvgIpc) is 2.84. The van der Waals surface area contributed by atoms with Gasteiger partial charge in [0.05, 0.1) is 11.7 Å². The molecule has 0 saturated heterocycles. The average molecular weight is 362 g/mol. The molecular formula is C18H22N2O4S. The molecule has 0 radical (unpaired) electrons. The van der Waals surface area contributed by atoms with E-state index in [0.717, 1.165) is 5.56 Å². The summed E-state index contributed by atoms with van der Waals surface area (Å²) in [6, 6.07) is 16.0. The summed E-state index contributed by atoms with van der Waals surface area (Å²) < 4.78 is 24.2. The Morgan fingerprint density at radius 3 is 2.12 bits per heavy atom.